The molecule has 0 heterocycles. The topological polar surface area (TPSA) is 64.1 Å². The van der Waals surface area contributed by atoms with Crippen LogP contribution in [0.25, 0.3) is 0 Å². The molecule has 1 N–H and O–H groups in total. The molecule has 1 saturated carbocycles. The summed E-state index contributed by atoms with van der Waals surface area (Å²) in [6, 6.07) is 0.250. The van der Waals surface area contributed by atoms with Crippen molar-refractivity contribution in [3.05, 3.63) is 0 Å². The Hall–Kier alpha value is -1.30. The molecule has 6 nitrogen and oxygen atoms in total. The van der Waals surface area contributed by atoms with Gasteiger partial charge in [-0.2, -0.15) is 0 Å². The van der Waals surface area contributed by atoms with Crippen LogP contribution in [0.5, 0.6) is 0 Å². The highest BCUT2D eigenvalue weighted by Gasteiger charge is 2.34. The molecule has 0 aliphatic heterocycles. The van der Waals surface area contributed by atoms with Crippen molar-refractivity contribution < 1.29 is 14.7 Å². The molecule has 0 aromatic carbocycles. The zero-order valence-corrected chi connectivity index (χ0v) is 12.8. The van der Waals surface area contributed by atoms with Gasteiger partial charge in [-0.05, 0) is 46.8 Å². The van der Waals surface area contributed by atoms with Crippen LogP contribution in [0, 0.1) is 0 Å². The lowest BCUT2D eigenvalue weighted by Crippen LogP contribution is -2.45. The number of hydrogen-bond acceptors (Lipinski definition) is 3. The molecule has 0 saturated heterocycles. The summed E-state index contributed by atoms with van der Waals surface area (Å²) in [7, 11) is 4.03. The van der Waals surface area contributed by atoms with E-state index in [9.17, 15) is 9.59 Å². The van der Waals surface area contributed by atoms with Crippen LogP contribution in [0.2, 0.25) is 0 Å². The smallest absolute Gasteiger partial charge is 0.320 e. The molecular formula is C14H27N3O3. The van der Waals surface area contributed by atoms with E-state index < -0.39 is 5.97 Å². The van der Waals surface area contributed by atoms with Gasteiger partial charge in [-0.15, -0.1) is 0 Å². The van der Waals surface area contributed by atoms with Gasteiger partial charge in [0, 0.05) is 25.7 Å². The number of carboxylic acid groups (broad SMARTS) is 1. The minimum absolute atomic E-state index is 0.00462. The molecule has 116 valence electrons. The zero-order chi connectivity index (χ0) is 15.1. The van der Waals surface area contributed by atoms with Crippen LogP contribution in [0.15, 0.2) is 0 Å². The Morgan fingerprint density at radius 1 is 1.15 bits per heavy atom. The number of aliphatic carboxylic acids is 1. The normalized spacial score (nSPS) is 14.4. The highest BCUT2D eigenvalue weighted by molar-refractivity contribution is 5.76. The third kappa shape index (κ3) is 5.77. The fourth-order valence-electron chi connectivity index (χ4n) is 2.19. The van der Waals surface area contributed by atoms with E-state index in [4.69, 9.17) is 5.11 Å². The fourth-order valence-corrected chi connectivity index (χ4v) is 2.19. The van der Waals surface area contributed by atoms with Crippen molar-refractivity contribution in [3.8, 4) is 0 Å². The average molecular weight is 285 g/mol. The Morgan fingerprint density at radius 2 is 1.80 bits per heavy atom. The summed E-state index contributed by atoms with van der Waals surface area (Å²) < 4.78 is 0. The molecule has 1 aliphatic rings. The quantitative estimate of drug-likeness (QED) is 0.694. The van der Waals surface area contributed by atoms with E-state index >= 15 is 0 Å². The van der Waals surface area contributed by atoms with Crippen molar-refractivity contribution >= 4 is 12.0 Å². The third-order valence-electron chi connectivity index (χ3n) is 3.49. The molecule has 20 heavy (non-hydrogen) atoms. The summed E-state index contributed by atoms with van der Waals surface area (Å²) in [5, 5.41) is 8.79. The van der Waals surface area contributed by atoms with E-state index in [1.54, 1.807) is 4.90 Å². The number of urea groups is 1. The van der Waals surface area contributed by atoms with Crippen molar-refractivity contribution in [1.82, 2.24) is 14.7 Å². The summed E-state index contributed by atoms with van der Waals surface area (Å²) in [6.45, 7) is 4.63. The zero-order valence-electron chi connectivity index (χ0n) is 12.8. The first-order chi connectivity index (χ1) is 9.45. The van der Waals surface area contributed by atoms with Gasteiger partial charge in [-0.3, -0.25) is 4.79 Å². The number of nitrogens with zero attached hydrogens (tertiary/aromatic N) is 3. The molecule has 0 radical (unpaired) electrons. The first-order valence-corrected chi connectivity index (χ1v) is 7.37. The lowest BCUT2D eigenvalue weighted by atomic mass is 10.3. The number of carbonyl (C=O) groups is 2. The average Bonchev–Trinajstić information content (AvgIpc) is 3.18. The van der Waals surface area contributed by atoms with E-state index in [0.717, 1.165) is 32.4 Å². The van der Waals surface area contributed by atoms with Crippen LogP contribution in [0.3, 0.4) is 0 Å². The minimum Gasteiger partial charge on any atom is -0.481 e. The number of rotatable bonds is 9. The highest BCUT2D eigenvalue weighted by Crippen LogP contribution is 2.28. The predicted octanol–water partition coefficient (Wildman–Crippen LogP) is 1.32. The van der Waals surface area contributed by atoms with Gasteiger partial charge in [0.05, 0.1) is 6.42 Å². The Morgan fingerprint density at radius 3 is 2.25 bits per heavy atom. The Labute approximate surface area is 121 Å². The second-order valence-corrected chi connectivity index (χ2v) is 5.59. The molecule has 0 bridgehead atoms. The lowest BCUT2D eigenvalue weighted by Gasteiger charge is -2.30. The molecule has 0 unspecified atom stereocenters. The number of hydrogen-bond donors (Lipinski definition) is 1. The van der Waals surface area contributed by atoms with Gasteiger partial charge in [0.25, 0.3) is 0 Å². The van der Waals surface area contributed by atoms with Gasteiger partial charge in [-0.25, -0.2) is 4.79 Å². The van der Waals surface area contributed by atoms with Gasteiger partial charge in [0.1, 0.15) is 0 Å². The molecule has 0 aromatic rings. The van der Waals surface area contributed by atoms with Crippen LogP contribution in [0.1, 0.15) is 32.6 Å². The fraction of sp³-hybridized carbons (Fsp3) is 0.857. The molecule has 0 spiro atoms. The van der Waals surface area contributed by atoms with Crippen LogP contribution in [0.4, 0.5) is 4.79 Å². The molecule has 1 aliphatic carbocycles. The van der Waals surface area contributed by atoms with E-state index in [0.29, 0.717) is 13.1 Å². The monoisotopic (exact) mass is 285 g/mol. The summed E-state index contributed by atoms with van der Waals surface area (Å²) in [5.74, 6) is -0.848. The third-order valence-corrected chi connectivity index (χ3v) is 3.49. The van der Waals surface area contributed by atoms with E-state index in [1.807, 2.05) is 25.9 Å². The van der Waals surface area contributed by atoms with Crippen LogP contribution < -0.4 is 0 Å². The lowest BCUT2D eigenvalue weighted by molar-refractivity contribution is -0.137. The number of carboxylic acids is 1. The van der Waals surface area contributed by atoms with Crippen molar-refractivity contribution in [1.29, 1.82) is 0 Å². The van der Waals surface area contributed by atoms with Gasteiger partial charge in [0.2, 0.25) is 0 Å². The van der Waals surface area contributed by atoms with Crippen molar-refractivity contribution in [3.63, 3.8) is 0 Å². The molecule has 6 heteroatoms. The van der Waals surface area contributed by atoms with Gasteiger partial charge in [-0.1, -0.05) is 0 Å². The maximum absolute atomic E-state index is 12.5. The van der Waals surface area contributed by atoms with Crippen LogP contribution in [-0.2, 0) is 4.79 Å². The van der Waals surface area contributed by atoms with Crippen molar-refractivity contribution in [2.75, 3.05) is 40.3 Å². The van der Waals surface area contributed by atoms with Crippen LogP contribution in [-0.4, -0.2) is 78.1 Å². The molecule has 1 fully saturated rings. The van der Waals surface area contributed by atoms with E-state index in [1.165, 1.54) is 0 Å². The SMILES string of the molecule is CCN(CCCN(C)C)C(=O)N(CCC(=O)O)C1CC1. The van der Waals surface area contributed by atoms with Crippen molar-refractivity contribution in [2.24, 2.45) is 0 Å². The molecule has 0 aromatic heterocycles. The van der Waals surface area contributed by atoms with E-state index in [2.05, 4.69) is 4.90 Å². The Bertz CT molecular complexity index is 330. The van der Waals surface area contributed by atoms with Gasteiger partial charge >= 0.3 is 12.0 Å². The molecule has 0 atom stereocenters. The summed E-state index contributed by atoms with van der Waals surface area (Å²) >= 11 is 0. The first kappa shape index (κ1) is 16.8. The Kier molecular flexibility index (Phi) is 6.78. The molecule has 1 rings (SSSR count). The number of carbonyl (C=O) groups excluding carboxylic acids is 1. The maximum Gasteiger partial charge on any atom is 0.320 e. The Balaban J connectivity index is 2.49. The van der Waals surface area contributed by atoms with E-state index in [-0.39, 0.29) is 18.5 Å². The minimum atomic E-state index is -0.848. The predicted molar refractivity (Wildman–Crippen MR) is 77.8 cm³/mol. The molecule has 2 amide bonds. The number of amides is 2. The second kappa shape index (κ2) is 8.09. The summed E-state index contributed by atoms with van der Waals surface area (Å²) in [4.78, 5) is 28.9. The second-order valence-electron chi connectivity index (χ2n) is 5.59. The van der Waals surface area contributed by atoms with Crippen molar-refractivity contribution in [2.45, 2.75) is 38.6 Å². The summed E-state index contributed by atoms with van der Waals surface area (Å²) in [5.41, 5.74) is 0. The largest absolute Gasteiger partial charge is 0.481 e. The standard InChI is InChI=1S/C14H27N3O3/c1-4-16(10-5-9-15(2)3)14(20)17(12-6-7-12)11-8-13(18)19/h12H,4-11H2,1-3H3,(H,18,19). The maximum atomic E-state index is 12.5. The van der Waals surface area contributed by atoms with Gasteiger partial charge in [0.15, 0.2) is 0 Å². The van der Waals surface area contributed by atoms with Crippen LogP contribution >= 0.6 is 0 Å². The first-order valence-electron chi connectivity index (χ1n) is 7.37. The summed E-state index contributed by atoms with van der Waals surface area (Å²) in [6.07, 6.45) is 2.96. The van der Waals surface area contributed by atoms with Gasteiger partial charge < -0.3 is 19.8 Å². The molecular weight excluding hydrogens is 258 g/mol. The highest BCUT2D eigenvalue weighted by atomic mass is 16.4.